The summed E-state index contributed by atoms with van der Waals surface area (Å²) in [5.74, 6) is 0.887. The molecule has 0 spiro atoms. The molecule has 102 valence electrons. The van der Waals surface area contributed by atoms with Crippen LogP contribution in [0.25, 0.3) is 0 Å². The maximum Gasteiger partial charge on any atom is 0.227 e. The Morgan fingerprint density at radius 1 is 1.42 bits per heavy atom. The van der Waals surface area contributed by atoms with Gasteiger partial charge in [-0.1, -0.05) is 23.7 Å². The number of fused-ring (bicyclic) bond motifs is 1. The molecule has 2 heterocycles. The number of hydrogen-bond acceptors (Lipinski definition) is 2. The van der Waals surface area contributed by atoms with E-state index in [-0.39, 0.29) is 5.91 Å². The van der Waals surface area contributed by atoms with E-state index in [1.807, 2.05) is 24.3 Å². The second-order valence-corrected chi connectivity index (χ2v) is 5.96. The zero-order valence-corrected chi connectivity index (χ0v) is 11.7. The van der Waals surface area contributed by atoms with Crippen LogP contribution in [0.2, 0.25) is 5.02 Å². The summed E-state index contributed by atoms with van der Waals surface area (Å²) in [6.07, 6.45) is 2.84. The van der Waals surface area contributed by atoms with Gasteiger partial charge in [-0.25, -0.2) is 0 Å². The molecule has 0 radical (unpaired) electrons. The molecule has 3 nitrogen and oxygen atoms in total. The van der Waals surface area contributed by atoms with Gasteiger partial charge in [0.25, 0.3) is 0 Å². The Morgan fingerprint density at radius 2 is 2.32 bits per heavy atom. The number of amides is 1. The molecular weight excluding hydrogens is 260 g/mol. The van der Waals surface area contributed by atoms with E-state index in [4.69, 9.17) is 11.6 Å². The third-order valence-electron chi connectivity index (χ3n) is 4.24. The zero-order valence-electron chi connectivity index (χ0n) is 10.9. The van der Waals surface area contributed by atoms with Gasteiger partial charge in [0, 0.05) is 30.7 Å². The molecule has 0 aliphatic carbocycles. The normalized spacial score (nSPS) is 26.3. The van der Waals surface area contributed by atoms with Crippen LogP contribution in [0.5, 0.6) is 0 Å². The van der Waals surface area contributed by atoms with Crippen molar-refractivity contribution in [1.82, 2.24) is 10.2 Å². The summed E-state index contributed by atoms with van der Waals surface area (Å²) in [5.41, 5.74) is 1.01. The number of carbonyl (C=O) groups excluding carboxylic acids is 1. The standard InChI is InChI=1S/C15H19ClN2O/c16-13-5-1-3-11(7-13)8-15(19)18-6-2-4-12-9-17-10-14(12)18/h1,3,5,7,12,14,17H,2,4,6,8-10H2. The van der Waals surface area contributed by atoms with Crippen molar-refractivity contribution in [2.24, 2.45) is 5.92 Å². The summed E-state index contributed by atoms with van der Waals surface area (Å²) in [5, 5.41) is 4.11. The van der Waals surface area contributed by atoms with Crippen LogP contribution in [-0.4, -0.2) is 36.5 Å². The first-order chi connectivity index (χ1) is 9.24. The van der Waals surface area contributed by atoms with E-state index in [1.165, 1.54) is 6.42 Å². The predicted molar refractivity (Wildman–Crippen MR) is 76.3 cm³/mol. The second kappa shape index (κ2) is 5.51. The molecular formula is C15H19ClN2O. The Bertz CT molecular complexity index is 477. The van der Waals surface area contributed by atoms with Gasteiger partial charge in [-0.05, 0) is 36.5 Å². The van der Waals surface area contributed by atoms with Gasteiger partial charge >= 0.3 is 0 Å². The lowest BCUT2D eigenvalue weighted by Gasteiger charge is -2.37. The van der Waals surface area contributed by atoms with Crippen molar-refractivity contribution in [2.45, 2.75) is 25.3 Å². The Kier molecular flexibility index (Phi) is 3.76. The van der Waals surface area contributed by atoms with Crippen LogP contribution in [0.4, 0.5) is 0 Å². The van der Waals surface area contributed by atoms with Crippen LogP contribution in [0.1, 0.15) is 18.4 Å². The maximum atomic E-state index is 12.5. The van der Waals surface area contributed by atoms with Crippen LogP contribution < -0.4 is 5.32 Å². The number of nitrogens with one attached hydrogen (secondary N) is 1. The Hall–Kier alpha value is -1.06. The van der Waals surface area contributed by atoms with Gasteiger partial charge in [0.05, 0.1) is 6.42 Å². The van der Waals surface area contributed by atoms with E-state index in [0.29, 0.717) is 23.4 Å². The molecule has 2 unspecified atom stereocenters. The van der Waals surface area contributed by atoms with Crippen molar-refractivity contribution in [1.29, 1.82) is 0 Å². The highest BCUT2D eigenvalue weighted by Crippen LogP contribution is 2.27. The highest BCUT2D eigenvalue weighted by atomic mass is 35.5. The molecule has 1 N–H and O–H groups in total. The summed E-state index contributed by atoms with van der Waals surface area (Å²) in [6.45, 7) is 2.92. The number of nitrogens with zero attached hydrogens (tertiary/aromatic N) is 1. The van der Waals surface area contributed by atoms with Crippen molar-refractivity contribution in [3.05, 3.63) is 34.9 Å². The van der Waals surface area contributed by atoms with Crippen molar-refractivity contribution >= 4 is 17.5 Å². The molecule has 4 heteroatoms. The van der Waals surface area contributed by atoms with Gasteiger partial charge in [-0.3, -0.25) is 4.79 Å². The highest BCUT2D eigenvalue weighted by molar-refractivity contribution is 6.30. The minimum Gasteiger partial charge on any atom is -0.338 e. The van der Waals surface area contributed by atoms with Gasteiger partial charge < -0.3 is 10.2 Å². The molecule has 2 saturated heterocycles. The quantitative estimate of drug-likeness (QED) is 0.898. The molecule has 0 bridgehead atoms. The second-order valence-electron chi connectivity index (χ2n) is 5.52. The SMILES string of the molecule is O=C(Cc1cccc(Cl)c1)N1CCCC2CNCC21. The molecule has 2 fully saturated rings. The number of benzene rings is 1. The molecule has 3 rings (SSSR count). The lowest BCUT2D eigenvalue weighted by molar-refractivity contribution is -0.134. The Labute approximate surface area is 118 Å². The van der Waals surface area contributed by atoms with Gasteiger partial charge in [-0.15, -0.1) is 0 Å². The number of likely N-dealkylation sites (tertiary alicyclic amines) is 1. The average molecular weight is 279 g/mol. The number of piperidine rings is 1. The van der Waals surface area contributed by atoms with Crippen LogP contribution >= 0.6 is 11.6 Å². The molecule has 1 aromatic rings. The molecule has 1 aromatic carbocycles. The van der Waals surface area contributed by atoms with Gasteiger partial charge in [-0.2, -0.15) is 0 Å². The van der Waals surface area contributed by atoms with Crippen molar-refractivity contribution < 1.29 is 4.79 Å². The molecule has 2 aliphatic rings. The molecule has 0 aromatic heterocycles. The van der Waals surface area contributed by atoms with Crippen LogP contribution in [0.3, 0.4) is 0 Å². The summed E-state index contributed by atoms with van der Waals surface area (Å²) in [6, 6.07) is 8.00. The molecule has 1 amide bonds. The Morgan fingerprint density at radius 3 is 3.16 bits per heavy atom. The van der Waals surface area contributed by atoms with Crippen LogP contribution in [0.15, 0.2) is 24.3 Å². The topological polar surface area (TPSA) is 32.3 Å². The number of halogens is 1. The van der Waals surface area contributed by atoms with E-state index in [9.17, 15) is 4.79 Å². The van der Waals surface area contributed by atoms with Crippen molar-refractivity contribution in [3.8, 4) is 0 Å². The first kappa shape index (κ1) is 12.9. The number of hydrogen-bond donors (Lipinski definition) is 1. The number of rotatable bonds is 2. The van der Waals surface area contributed by atoms with Crippen LogP contribution in [-0.2, 0) is 11.2 Å². The largest absolute Gasteiger partial charge is 0.338 e. The van der Waals surface area contributed by atoms with E-state index in [2.05, 4.69) is 10.2 Å². The van der Waals surface area contributed by atoms with E-state index in [1.54, 1.807) is 0 Å². The molecule has 0 saturated carbocycles. The number of carbonyl (C=O) groups is 1. The lowest BCUT2D eigenvalue weighted by atomic mass is 9.91. The van der Waals surface area contributed by atoms with Crippen molar-refractivity contribution in [2.75, 3.05) is 19.6 Å². The molecule has 2 atom stereocenters. The predicted octanol–water partition coefficient (Wildman–Crippen LogP) is 2.09. The van der Waals surface area contributed by atoms with Gasteiger partial charge in [0.15, 0.2) is 0 Å². The summed E-state index contributed by atoms with van der Waals surface area (Å²) >= 11 is 5.97. The first-order valence-electron chi connectivity index (χ1n) is 6.98. The van der Waals surface area contributed by atoms with Gasteiger partial charge in [0.1, 0.15) is 0 Å². The fraction of sp³-hybridized carbons (Fsp3) is 0.533. The summed E-state index contributed by atoms with van der Waals surface area (Å²) in [4.78, 5) is 14.6. The minimum absolute atomic E-state index is 0.237. The smallest absolute Gasteiger partial charge is 0.227 e. The molecule has 2 aliphatic heterocycles. The van der Waals surface area contributed by atoms with E-state index in [0.717, 1.165) is 31.6 Å². The summed E-state index contributed by atoms with van der Waals surface area (Å²) < 4.78 is 0. The van der Waals surface area contributed by atoms with E-state index >= 15 is 0 Å². The Balaban J connectivity index is 1.69. The molecule has 19 heavy (non-hydrogen) atoms. The monoisotopic (exact) mass is 278 g/mol. The van der Waals surface area contributed by atoms with Gasteiger partial charge in [0.2, 0.25) is 5.91 Å². The third kappa shape index (κ3) is 2.77. The van der Waals surface area contributed by atoms with Crippen molar-refractivity contribution in [3.63, 3.8) is 0 Å². The first-order valence-corrected chi connectivity index (χ1v) is 7.36. The van der Waals surface area contributed by atoms with E-state index < -0.39 is 0 Å². The van der Waals surface area contributed by atoms with Crippen LogP contribution in [0, 0.1) is 5.92 Å². The maximum absolute atomic E-state index is 12.5. The zero-order chi connectivity index (χ0) is 13.2. The fourth-order valence-corrected chi connectivity index (χ4v) is 3.51. The minimum atomic E-state index is 0.237. The average Bonchev–Trinajstić information content (AvgIpc) is 2.86. The summed E-state index contributed by atoms with van der Waals surface area (Å²) in [7, 11) is 0. The lowest BCUT2D eigenvalue weighted by Crippen LogP contribution is -2.48. The fourth-order valence-electron chi connectivity index (χ4n) is 3.30. The highest BCUT2D eigenvalue weighted by Gasteiger charge is 2.36. The third-order valence-corrected chi connectivity index (χ3v) is 4.48.